The summed E-state index contributed by atoms with van der Waals surface area (Å²) >= 11 is 0. The van der Waals surface area contributed by atoms with Crippen LogP contribution in [0, 0.1) is 12.7 Å². The number of aromatic nitrogens is 1. The van der Waals surface area contributed by atoms with Crippen molar-refractivity contribution < 1.29 is 27.1 Å². The summed E-state index contributed by atoms with van der Waals surface area (Å²) in [6.07, 6.45) is 2.42. The molecule has 204 valence electrons. The van der Waals surface area contributed by atoms with Gasteiger partial charge < -0.3 is 14.8 Å². The SMILES string of the molecule is COc1cc(C/C=C2/C(C)=C(CC(=O)NCc3cccc(C)n3)c3cc(F)ccc32)cc(OC)c1S(N)(=O)=O. The van der Waals surface area contributed by atoms with E-state index in [-0.39, 0.29) is 28.7 Å². The molecule has 0 unspecified atom stereocenters. The molecule has 3 aromatic rings. The van der Waals surface area contributed by atoms with E-state index >= 15 is 0 Å². The first-order valence-corrected chi connectivity index (χ1v) is 13.7. The van der Waals surface area contributed by atoms with E-state index in [9.17, 15) is 17.6 Å². The summed E-state index contributed by atoms with van der Waals surface area (Å²) in [4.78, 5) is 17.0. The van der Waals surface area contributed by atoms with Crippen LogP contribution in [0.15, 0.2) is 65.1 Å². The number of amides is 1. The lowest BCUT2D eigenvalue weighted by atomic mass is 10.0. The summed E-state index contributed by atoms with van der Waals surface area (Å²) in [5, 5.41) is 8.26. The number of allylic oxidation sites excluding steroid dienone is 3. The normalized spacial score (nSPS) is 13.9. The first kappa shape index (κ1) is 28.0. The Bertz CT molecular complexity index is 1590. The van der Waals surface area contributed by atoms with E-state index in [1.165, 1.54) is 26.4 Å². The van der Waals surface area contributed by atoms with Crippen LogP contribution in [0.2, 0.25) is 0 Å². The van der Waals surface area contributed by atoms with E-state index in [4.69, 9.17) is 14.6 Å². The van der Waals surface area contributed by atoms with Gasteiger partial charge in [0.05, 0.1) is 32.9 Å². The van der Waals surface area contributed by atoms with Crippen LogP contribution < -0.4 is 19.9 Å². The lowest BCUT2D eigenvalue weighted by Crippen LogP contribution is -2.23. The molecule has 0 radical (unpaired) electrons. The van der Waals surface area contributed by atoms with Crippen molar-refractivity contribution in [2.45, 2.75) is 38.1 Å². The van der Waals surface area contributed by atoms with Crippen molar-refractivity contribution in [3.8, 4) is 11.5 Å². The average molecular weight is 552 g/mol. The quantitative estimate of drug-likeness (QED) is 0.409. The Kier molecular flexibility index (Phi) is 8.17. The second-order valence-corrected chi connectivity index (χ2v) is 10.7. The molecule has 1 amide bonds. The Labute approximate surface area is 227 Å². The number of carbonyl (C=O) groups excluding carboxylic acids is 1. The van der Waals surface area contributed by atoms with Crippen molar-refractivity contribution in [1.29, 1.82) is 0 Å². The highest BCUT2D eigenvalue weighted by molar-refractivity contribution is 7.89. The van der Waals surface area contributed by atoms with Gasteiger partial charge in [-0.2, -0.15) is 0 Å². The van der Waals surface area contributed by atoms with E-state index in [1.54, 1.807) is 18.2 Å². The zero-order chi connectivity index (χ0) is 28.3. The summed E-state index contributed by atoms with van der Waals surface area (Å²) in [5.74, 6) is -0.436. The number of primary sulfonamides is 1. The number of nitrogens with two attached hydrogens (primary N) is 1. The van der Waals surface area contributed by atoms with Gasteiger partial charge in [-0.3, -0.25) is 9.78 Å². The van der Waals surface area contributed by atoms with Gasteiger partial charge in [-0.05, 0) is 90.1 Å². The van der Waals surface area contributed by atoms with E-state index < -0.39 is 15.8 Å². The number of sulfonamides is 1. The minimum absolute atomic E-state index is 0.0758. The second-order valence-electron chi connectivity index (χ2n) is 9.21. The van der Waals surface area contributed by atoms with Gasteiger partial charge in [0.25, 0.3) is 0 Å². The number of ether oxygens (including phenoxy) is 2. The number of carbonyl (C=O) groups is 1. The van der Waals surface area contributed by atoms with Crippen molar-refractivity contribution in [2.24, 2.45) is 5.14 Å². The van der Waals surface area contributed by atoms with Gasteiger partial charge >= 0.3 is 0 Å². The molecular weight excluding hydrogens is 521 g/mol. The fourth-order valence-electron chi connectivity index (χ4n) is 4.72. The Morgan fingerprint density at radius 3 is 2.36 bits per heavy atom. The van der Waals surface area contributed by atoms with Gasteiger partial charge in [0.2, 0.25) is 15.9 Å². The highest BCUT2D eigenvalue weighted by atomic mass is 32.2. The highest BCUT2D eigenvalue weighted by Gasteiger charge is 2.26. The summed E-state index contributed by atoms with van der Waals surface area (Å²) in [6.45, 7) is 4.08. The Morgan fingerprint density at radius 1 is 1.05 bits per heavy atom. The molecule has 0 aliphatic heterocycles. The van der Waals surface area contributed by atoms with Gasteiger partial charge in [0.1, 0.15) is 17.3 Å². The number of pyridine rings is 1. The lowest BCUT2D eigenvalue weighted by molar-refractivity contribution is -0.120. The molecule has 1 aliphatic rings. The van der Waals surface area contributed by atoms with Crippen LogP contribution in [0.3, 0.4) is 0 Å². The van der Waals surface area contributed by atoms with Crippen molar-refractivity contribution in [2.75, 3.05) is 14.2 Å². The number of rotatable bonds is 9. The van der Waals surface area contributed by atoms with Gasteiger partial charge in [-0.25, -0.2) is 17.9 Å². The molecule has 1 heterocycles. The van der Waals surface area contributed by atoms with Crippen LogP contribution in [0.4, 0.5) is 4.39 Å². The number of halogens is 1. The molecule has 3 N–H and O–H groups in total. The first-order valence-electron chi connectivity index (χ1n) is 12.2. The number of hydrogen-bond acceptors (Lipinski definition) is 6. The molecule has 4 rings (SSSR count). The first-order chi connectivity index (χ1) is 18.5. The highest BCUT2D eigenvalue weighted by Crippen LogP contribution is 2.43. The molecule has 39 heavy (non-hydrogen) atoms. The average Bonchev–Trinajstić information content (AvgIpc) is 3.14. The van der Waals surface area contributed by atoms with Crippen LogP contribution in [0.1, 0.15) is 41.4 Å². The fourth-order valence-corrected chi connectivity index (χ4v) is 5.57. The summed E-state index contributed by atoms with van der Waals surface area (Å²) in [5.41, 5.74) is 6.29. The zero-order valence-electron chi connectivity index (χ0n) is 22.2. The van der Waals surface area contributed by atoms with Crippen molar-refractivity contribution >= 4 is 27.1 Å². The van der Waals surface area contributed by atoms with Crippen LogP contribution in [0.25, 0.3) is 11.1 Å². The minimum atomic E-state index is -4.08. The third-order valence-corrected chi connectivity index (χ3v) is 7.52. The number of nitrogens with one attached hydrogen (secondary N) is 1. The van der Waals surface area contributed by atoms with E-state index in [0.29, 0.717) is 18.5 Å². The third-order valence-electron chi connectivity index (χ3n) is 6.55. The number of aryl methyl sites for hydroxylation is 1. The molecule has 1 aliphatic carbocycles. The fraction of sp³-hybridized carbons (Fsp3) is 0.241. The maximum atomic E-state index is 14.2. The second kappa shape index (κ2) is 11.4. The number of methoxy groups -OCH3 is 2. The standard InChI is InChI=1S/C29H30FN3O5S/c1-17-6-5-7-21(33-17)16-32-28(34)15-24-18(2)22(23-11-9-20(30)14-25(23)24)10-8-19-12-26(37-3)29(39(31,35)36)27(13-19)38-4/h5-7,9-14H,8,15-16H2,1-4H3,(H,32,34)(H2,31,35,36)/b22-10-. The van der Waals surface area contributed by atoms with Crippen molar-refractivity contribution in [1.82, 2.24) is 10.3 Å². The molecular formula is C29H30FN3O5S. The number of benzene rings is 2. The molecule has 1 aromatic heterocycles. The smallest absolute Gasteiger partial charge is 0.245 e. The Morgan fingerprint density at radius 2 is 1.74 bits per heavy atom. The maximum absolute atomic E-state index is 14.2. The monoisotopic (exact) mass is 551 g/mol. The largest absolute Gasteiger partial charge is 0.495 e. The summed E-state index contributed by atoms with van der Waals surface area (Å²) in [6, 6.07) is 13.3. The van der Waals surface area contributed by atoms with Crippen LogP contribution in [0.5, 0.6) is 11.5 Å². The molecule has 10 heteroatoms. The zero-order valence-corrected chi connectivity index (χ0v) is 23.0. The Balaban J connectivity index is 1.63. The predicted molar refractivity (Wildman–Crippen MR) is 147 cm³/mol. The molecule has 0 atom stereocenters. The topological polar surface area (TPSA) is 121 Å². The number of hydrogen-bond donors (Lipinski definition) is 2. The van der Waals surface area contributed by atoms with Gasteiger partial charge in [-0.15, -0.1) is 0 Å². The van der Waals surface area contributed by atoms with E-state index in [0.717, 1.165) is 39.2 Å². The molecule has 0 fully saturated rings. The number of fused-ring (bicyclic) bond motifs is 1. The van der Waals surface area contributed by atoms with Gasteiger partial charge in [0, 0.05) is 5.69 Å². The number of nitrogens with zero attached hydrogens (tertiary/aromatic N) is 1. The minimum Gasteiger partial charge on any atom is -0.495 e. The van der Waals surface area contributed by atoms with Crippen LogP contribution in [-0.4, -0.2) is 33.5 Å². The molecule has 8 nitrogen and oxygen atoms in total. The molecule has 0 saturated carbocycles. The van der Waals surface area contributed by atoms with E-state index in [1.807, 2.05) is 38.1 Å². The van der Waals surface area contributed by atoms with E-state index in [2.05, 4.69) is 10.3 Å². The van der Waals surface area contributed by atoms with Crippen LogP contribution in [-0.2, 0) is 27.8 Å². The predicted octanol–water partition coefficient (Wildman–Crippen LogP) is 4.31. The lowest BCUT2D eigenvalue weighted by Gasteiger charge is -2.13. The molecule has 0 spiro atoms. The molecule has 2 aromatic carbocycles. The van der Waals surface area contributed by atoms with Crippen molar-refractivity contribution in [3.63, 3.8) is 0 Å². The molecule has 0 saturated heterocycles. The summed E-state index contributed by atoms with van der Waals surface area (Å²) in [7, 11) is -1.37. The Hall–Kier alpha value is -4.02. The van der Waals surface area contributed by atoms with Crippen molar-refractivity contribution in [3.05, 3.63) is 94.1 Å². The third kappa shape index (κ3) is 6.18. The van der Waals surface area contributed by atoms with Gasteiger partial charge in [-0.1, -0.05) is 18.2 Å². The summed E-state index contributed by atoms with van der Waals surface area (Å²) < 4.78 is 49.0. The van der Waals surface area contributed by atoms with Crippen LogP contribution >= 0.6 is 0 Å². The van der Waals surface area contributed by atoms with Gasteiger partial charge in [0.15, 0.2) is 4.90 Å². The maximum Gasteiger partial charge on any atom is 0.245 e. The molecule has 0 bridgehead atoms.